The quantitative estimate of drug-likeness (QED) is 0.273. The highest BCUT2D eigenvalue weighted by molar-refractivity contribution is 14.1. The van der Waals surface area contributed by atoms with E-state index in [1.807, 2.05) is 61.5 Å². The number of benzene rings is 3. The van der Waals surface area contributed by atoms with Gasteiger partial charge in [-0.1, -0.05) is 18.2 Å². The fourth-order valence-electron chi connectivity index (χ4n) is 3.64. The number of nitrogens with one attached hydrogen (secondary N) is 1. The third-order valence-electron chi connectivity index (χ3n) is 5.33. The average molecular weight is 585 g/mol. The molecule has 35 heavy (non-hydrogen) atoms. The van der Waals surface area contributed by atoms with Crippen LogP contribution in [0.4, 0.5) is 17.1 Å². The molecule has 8 heteroatoms. The van der Waals surface area contributed by atoms with Gasteiger partial charge in [0.05, 0.1) is 29.1 Å². The molecular weight excluding hydrogens is 557 g/mol. The fraction of sp³-hybridized carbons (Fsp3) is 0.259. The van der Waals surface area contributed by atoms with Gasteiger partial charge in [0.15, 0.2) is 18.1 Å². The van der Waals surface area contributed by atoms with E-state index in [1.54, 1.807) is 6.21 Å². The number of ether oxygens (including phenoxy) is 3. The topological polar surface area (TPSA) is 72.4 Å². The number of hydrogen-bond acceptors (Lipinski definition) is 6. The van der Waals surface area contributed by atoms with Gasteiger partial charge in [0.2, 0.25) is 0 Å². The van der Waals surface area contributed by atoms with Crippen molar-refractivity contribution in [3.05, 3.63) is 75.9 Å². The van der Waals surface area contributed by atoms with Crippen molar-refractivity contribution in [2.75, 3.05) is 49.7 Å². The van der Waals surface area contributed by atoms with Gasteiger partial charge in [-0.3, -0.25) is 9.79 Å². The Morgan fingerprint density at radius 3 is 2.54 bits per heavy atom. The van der Waals surface area contributed by atoms with Crippen molar-refractivity contribution in [2.24, 2.45) is 4.99 Å². The lowest BCUT2D eigenvalue weighted by molar-refractivity contribution is -0.118. The Hall–Kier alpha value is -3.11. The molecule has 182 valence electrons. The summed E-state index contributed by atoms with van der Waals surface area (Å²) < 4.78 is 17.9. The molecule has 1 N–H and O–H groups in total. The number of anilines is 2. The second-order valence-corrected chi connectivity index (χ2v) is 9.00. The third-order valence-corrected chi connectivity index (χ3v) is 6.13. The van der Waals surface area contributed by atoms with Crippen molar-refractivity contribution >= 4 is 51.8 Å². The van der Waals surface area contributed by atoms with E-state index in [0.717, 1.165) is 46.8 Å². The first-order valence-electron chi connectivity index (χ1n) is 11.5. The molecule has 7 nitrogen and oxygen atoms in total. The van der Waals surface area contributed by atoms with Gasteiger partial charge in [0.1, 0.15) is 0 Å². The van der Waals surface area contributed by atoms with Crippen LogP contribution in [0.1, 0.15) is 12.5 Å². The van der Waals surface area contributed by atoms with Crippen molar-refractivity contribution in [3.63, 3.8) is 0 Å². The van der Waals surface area contributed by atoms with Crippen molar-refractivity contribution in [1.82, 2.24) is 0 Å². The number of morpholine rings is 1. The Morgan fingerprint density at radius 2 is 1.83 bits per heavy atom. The number of hydrogen-bond donors (Lipinski definition) is 1. The molecule has 1 aliphatic heterocycles. The number of para-hydroxylation sites is 1. The minimum absolute atomic E-state index is 0.117. The molecule has 0 aliphatic carbocycles. The van der Waals surface area contributed by atoms with E-state index in [1.165, 1.54) is 5.69 Å². The van der Waals surface area contributed by atoms with Crippen molar-refractivity contribution < 1.29 is 19.0 Å². The van der Waals surface area contributed by atoms with E-state index in [0.29, 0.717) is 18.1 Å². The number of aliphatic imine (C=N–C) groups is 1. The molecule has 1 heterocycles. The number of amides is 1. The van der Waals surface area contributed by atoms with Crippen LogP contribution in [0.15, 0.2) is 71.7 Å². The van der Waals surface area contributed by atoms with E-state index in [4.69, 9.17) is 14.2 Å². The van der Waals surface area contributed by atoms with Crippen LogP contribution in [0.5, 0.6) is 11.5 Å². The minimum atomic E-state index is -0.236. The summed E-state index contributed by atoms with van der Waals surface area (Å²) in [6.07, 6.45) is 1.81. The Labute approximate surface area is 219 Å². The van der Waals surface area contributed by atoms with Crippen LogP contribution in [0.3, 0.4) is 0 Å². The number of rotatable bonds is 9. The number of carbonyl (C=O) groups excluding carboxylic acids is 1. The Kier molecular flexibility index (Phi) is 8.96. The number of carbonyl (C=O) groups is 1. The second kappa shape index (κ2) is 12.6. The predicted octanol–water partition coefficient (Wildman–Crippen LogP) is 5.29. The fourth-order valence-corrected chi connectivity index (χ4v) is 4.42. The molecule has 0 radical (unpaired) electrons. The van der Waals surface area contributed by atoms with Crippen molar-refractivity contribution in [3.8, 4) is 11.5 Å². The van der Waals surface area contributed by atoms with E-state index in [2.05, 4.69) is 49.9 Å². The molecule has 3 aromatic carbocycles. The summed E-state index contributed by atoms with van der Waals surface area (Å²) in [7, 11) is 0. The van der Waals surface area contributed by atoms with E-state index in [-0.39, 0.29) is 12.5 Å². The number of nitrogens with zero attached hydrogens (tertiary/aromatic N) is 2. The lowest BCUT2D eigenvalue weighted by Crippen LogP contribution is -2.36. The normalized spacial score (nSPS) is 13.6. The molecule has 0 aromatic heterocycles. The molecule has 1 fully saturated rings. The van der Waals surface area contributed by atoms with Crippen molar-refractivity contribution in [1.29, 1.82) is 0 Å². The first-order valence-corrected chi connectivity index (χ1v) is 12.6. The molecule has 0 saturated carbocycles. The molecule has 4 rings (SSSR count). The summed E-state index contributed by atoms with van der Waals surface area (Å²) in [6.45, 7) is 5.61. The van der Waals surface area contributed by atoms with Crippen LogP contribution in [-0.4, -0.2) is 51.6 Å². The minimum Gasteiger partial charge on any atom is -0.490 e. The van der Waals surface area contributed by atoms with E-state index in [9.17, 15) is 4.79 Å². The standard InChI is InChI=1S/C27H28IN3O4/c1-2-34-25-17-20(18-29-21-8-10-23(11-9-21)31-12-14-33-15-13-31)16-24(28)27(25)35-19-26(32)30-22-6-4-3-5-7-22/h3-11,16-18H,2,12-15,19H2,1H3,(H,30,32). The third kappa shape index (κ3) is 7.19. The highest BCUT2D eigenvalue weighted by Gasteiger charge is 2.14. The molecule has 1 amide bonds. The highest BCUT2D eigenvalue weighted by atomic mass is 127. The molecule has 0 unspecified atom stereocenters. The average Bonchev–Trinajstić information content (AvgIpc) is 2.88. The van der Waals surface area contributed by atoms with Gasteiger partial charge in [0, 0.05) is 30.7 Å². The van der Waals surface area contributed by atoms with Gasteiger partial charge in [-0.25, -0.2) is 0 Å². The summed E-state index contributed by atoms with van der Waals surface area (Å²) in [6, 6.07) is 21.3. The second-order valence-electron chi connectivity index (χ2n) is 7.84. The molecule has 1 saturated heterocycles. The molecule has 3 aromatic rings. The molecular formula is C27H28IN3O4. The zero-order chi connectivity index (χ0) is 24.5. The van der Waals surface area contributed by atoms with Crippen LogP contribution < -0.4 is 19.7 Å². The molecule has 0 bridgehead atoms. The maximum Gasteiger partial charge on any atom is 0.262 e. The highest BCUT2D eigenvalue weighted by Crippen LogP contribution is 2.34. The van der Waals surface area contributed by atoms with Gasteiger partial charge in [-0.15, -0.1) is 0 Å². The monoisotopic (exact) mass is 585 g/mol. The summed E-state index contributed by atoms with van der Waals surface area (Å²) in [4.78, 5) is 19.2. The van der Waals surface area contributed by atoms with E-state index < -0.39 is 0 Å². The van der Waals surface area contributed by atoms with Gasteiger partial charge in [-0.05, 0) is 83.6 Å². The summed E-state index contributed by atoms with van der Waals surface area (Å²) in [5, 5.41) is 2.82. The van der Waals surface area contributed by atoms with Crippen LogP contribution in [-0.2, 0) is 9.53 Å². The van der Waals surface area contributed by atoms with Gasteiger partial charge in [-0.2, -0.15) is 0 Å². The number of halogens is 1. The predicted molar refractivity (Wildman–Crippen MR) is 148 cm³/mol. The summed E-state index contributed by atoms with van der Waals surface area (Å²) >= 11 is 2.19. The van der Waals surface area contributed by atoms with Gasteiger partial charge >= 0.3 is 0 Å². The summed E-state index contributed by atoms with van der Waals surface area (Å²) in [5.41, 5.74) is 3.66. The largest absolute Gasteiger partial charge is 0.490 e. The molecule has 1 aliphatic rings. The first-order chi connectivity index (χ1) is 17.1. The first kappa shape index (κ1) is 25.0. The Bertz CT molecular complexity index is 1150. The zero-order valence-electron chi connectivity index (χ0n) is 19.6. The van der Waals surface area contributed by atoms with Crippen LogP contribution >= 0.6 is 22.6 Å². The lowest BCUT2D eigenvalue weighted by Gasteiger charge is -2.28. The summed E-state index contributed by atoms with van der Waals surface area (Å²) in [5.74, 6) is 0.888. The van der Waals surface area contributed by atoms with Crippen LogP contribution in [0.25, 0.3) is 0 Å². The van der Waals surface area contributed by atoms with Crippen molar-refractivity contribution in [2.45, 2.75) is 6.92 Å². The smallest absolute Gasteiger partial charge is 0.262 e. The lowest BCUT2D eigenvalue weighted by atomic mass is 10.2. The maximum atomic E-state index is 12.3. The van der Waals surface area contributed by atoms with Gasteiger partial charge < -0.3 is 24.4 Å². The van der Waals surface area contributed by atoms with Gasteiger partial charge in [0.25, 0.3) is 5.91 Å². The molecule has 0 spiro atoms. The zero-order valence-corrected chi connectivity index (χ0v) is 21.7. The Morgan fingerprint density at radius 1 is 1.09 bits per heavy atom. The SMILES string of the molecule is CCOc1cc(C=Nc2ccc(N3CCOCC3)cc2)cc(I)c1OCC(=O)Nc1ccccc1. The Balaban J connectivity index is 1.42. The maximum absolute atomic E-state index is 12.3. The molecule has 0 atom stereocenters. The van der Waals surface area contributed by atoms with E-state index >= 15 is 0 Å². The van der Waals surface area contributed by atoms with Crippen LogP contribution in [0.2, 0.25) is 0 Å². The van der Waals surface area contributed by atoms with Crippen LogP contribution in [0, 0.1) is 3.57 Å².